The number of aromatic nitrogens is 1. The van der Waals surface area contributed by atoms with E-state index in [-0.39, 0.29) is 70.0 Å². The number of thiazole rings is 1. The van der Waals surface area contributed by atoms with Crippen LogP contribution >= 0.6 is 39.0 Å². The average Bonchev–Trinajstić information content (AvgIpc) is 3.77. The zero-order chi connectivity index (χ0) is 31.0. The molecule has 8 nitrogen and oxygen atoms in total. The van der Waals surface area contributed by atoms with E-state index < -0.39 is 0 Å². The van der Waals surface area contributed by atoms with Crippen molar-refractivity contribution in [1.82, 2.24) is 4.98 Å². The lowest BCUT2D eigenvalue weighted by Gasteiger charge is -2.43. The minimum absolute atomic E-state index is 0.0335. The van der Waals surface area contributed by atoms with Crippen molar-refractivity contribution in [2.45, 2.75) is 29.5 Å². The number of aromatic amines is 1. The number of rotatable bonds is 6. The number of carbonyl (C=O) groups is 3. The Morgan fingerprint density at radius 2 is 1.64 bits per heavy atom. The van der Waals surface area contributed by atoms with Crippen LogP contribution in [0.25, 0.3) is 0 Å². The highest BCUT2D eigenvalue weighted by molar-refractivity contribution is 9.10. The number of aryl methyl sites for hydroxylation is 1. The second-order valence-corrected chi connectivity index (χ2v) is 15.3. The maximum atomic E-state index is 13.9. The van der Waals surface area contributed by atoms with E-state index in [1.807, 2.05) is 79.7 Å². The van der Waals surface area contributed by atoms with Gasteiger partial charge in [0.15, 0.2) is 6.61 Å². The number of nitrogens with one attached hydrogen (secondary N) is 2. The van der Waals surface area contributed by atoms with Gasteiger partial charge in [-0.2, -0.15) is 0 Å². The summed E-state index contributed by atoms with van der Waals surface area (Å²) >= 11 is 6.35. The Morgan fingerprint density at radius 1 is 0.956 bits per heavy atom. The quantitative estimate of drug-likeness (QED) is 0.232. The predicted octanol–water partition coefficient (Wildman–Crippen LogP) is 6.20. The Balaban J connectivity index is 1.05. The van der Waals surface area contributed by atoms with E-state index in [1.165, 1.54) is 16.2 Å². The van der Waals surface area contributed by atoms with E-state index >= 15 is 0 Å². The highest BCUT2D eigenvalue weighted by atomic mass is 79.9. The van der Waals surface area contributed by atoms with Gasteiger partial charge in [0.2, 0.25) is 11.8 Å². The van der Waals surface area contributed by atoms with Crippen LogP contribution in [-0.4, -0.2) is 34.6 Å². The fourth-order valence-electron chi connectivity index (χ4n) is 7.99. The predicted molar refractivity (Wildman–Crippen MR) is 177 cm³/mol. The molecule has 0 spiro atoms. The van der Waals surface area contributed by atoms with Crippen LogP contribution in [0.15, 0.2) is 87.1 Å². The van der Waals surface area contributed by atoms with Crippen molar-refractivity contribution in [3.63, 3.8) is 0 Å². The normalized spacial score (nSPS) is 27.7. The number of hydrogen-bond donors (Lipinski definition) is 2. The van der Waals surface area contributed by atoms with Gasteiger partial charge in [-0.25, -0.2) is 0 Å². The summed E-state index contributed by atoms with van der Waals surface area (Å²) in [5.74, 6) is -0.485. The molecule has 8 rings (SSSR count). The molecule has 3 aromatic carbocycles. The van der Waals surface area contributed by atoms with Crippen molar-refractivity contribution >= 4 is 68.1 Å². The zero-order valence-corrected chi connectivity index (χ0v) is 27.3. The number of H-pyrrole nitrogens is 1. The molecule has 45 heavy (non-hydrogen) atoms. The maximum absolute atomic E-state index is 13.9. The topological polar surface area (TPSA) is 109 Å². The summed E-state index contributed by atoms with van der Waals surface area (Å²) in [5, 5.41) is 3.83. The van der Waals surface area contributed by atoms with Gasteiger partial charge in [-0.05, 0) is 85.2 Å². The van der Waals surface area contributed by atoms with E-state index in [0.29, 0.717) is 17.1 Å². The van der Waals surface area contributed by atoms with Crippen LogP contribution in [0.1, 0.15) is 28.3 Å². The van der Waals surface area contributed by atoms with Crippen LogP contribution in [0.2, 0.25) is 0 Å². The van der Waals surface area contributed by atoms with E-state index in [9.17, 15) is 19.2 Å². The van der Waals surface area contributed by atoms with Gasteiger partial charge in [-0.3, -0.25) is 24.1 Å². The molecule has 3 amide bonds. The molecule has 3 heterocycles. The van der Waals surface area contributed by atoms with Gasteiger partial charge in [0, 0.05) is 26.2 Å². The molecule has 2 bridgehead atoms. The number of halogens is 1. The summed E-state index contributed by atoms with van der Waals surface area (Å²) < 4.78 is 6.69. The van der Waals surface area contributed by atoms with Crippen molar-refractivity contribution in [2.75, 3.05) is 16.8 Å². The molecule has 4 aromatic rings. The van der Waals surface area contributed by atoms with Crippen LogP contribution in [0.3, 0.4) is 0 Å². The van der Waals surface area contributed by atoms with Gasteiger partial charge in [0.05, 0.1) is 22.5 Å². The molecule has 7 atom stereocenters. The summed E-state index contributed by atoms with van der Waals surface area (Å²) in [6.07, 6.45) is 0.830. The van der Waals surface area contributed by atoms with Crippen LogP contribution in [0.5, 0.6) is 5.75 Å². The highest BCUT2D eigenvalue weighted by Gasteiger charge is 2.69. The number of ether oxygens (including phenoxy) is 1. The largest absolute Gasteiger partial charge is 0.484 e. The first kappa shape index (κ1) is 28.8. The van der Waals surface area contributed by atoms with Crippen LogP contribution in [0.4, 0.5) is 11.4 Å². The molecule has 2 N–H and O–H groups in total. The van der Waals surface area contributed by atoms with Gasteiger partial charge in [0.25, 0.3) is 5.91 Å². The number of fused-ring (bicyclic) bond motifs is 9. The third kappa shape index (κ3) is 4.78. The van der Waals surface area contributed by atoms with Gasteiger partial charge >= 0.3 is 4.87 Å². The zero-order valence-electron chi connectivity index (χ0n) is 24.1. The van der Waals surface area contributed by atoms with Crippen molar-refractivity contribution in [1.29, 1.82) is 0 Å². The summed E-state index contributed by atoms with van der Waals surface area (Å²) in [5.41, 5.74) is 3.47. The third-order valence-corrected chi connectivity index (χ3v) is 12.9. The van der Waals surface area contributed by atoms with Gasteiger partial charge < -0.3 is 15.0 Å². The summed E-state index contributed by atoms with van der Waals surface area (Å²) in [6, 6.07) is 22.6. The van der Waals surface area contributed by atoms with Crippen molar-refractivity contribution in [3.8, 4) is 5.75 Å². The summed E-state index contributed by atoms with van der Waals surface area (Å²) in [7, 11) is 0. The lowest BCUT2D eigenvalue weighted by atomic mass is 9.68. The molecule has 6 unspecified atom stereocenters. The molecule has 2 aliphatic carbocycles. The number of amides is 3. The number of carbonyl (C=O) groups excluding carboxylic acids is 3. The number of hydrogen-bond acceptors (Lipinski definition) is 7. The second-order valence-electron chi connectivity index (χ2n) is 12.2. The second kappa shape index (κ2) is 11.0. The molecule has 1 saturated heterocycles. The number of anilines is 2. The van der Waals surface area contributed by atoms with Gasteiger partial charge in [-0.1, -0.05) is 57.1 Å². The lowest BCUT2D eigenvalue weighted by Crippen LogP contribution is -2.42. The number of thioether (sulfide) groups is 1. The Hall–Kier alpha value is -3.67. The first-order chi connectivity index (χ1) is 21.8. The molecule has 2 aliphatic heterocycles. The third-order valence-electron chi connectivity index (χ3n) is 9.75. The van der Waals surface area contributed by atoms with Gasteiger partial charge in [-0.15, -0.1) is 11.8 Å². The molecule has 4 aliphatic rings. The number of benzene rings is 3. The van der Waals surface area contributed by atoms with Crippen LogP contribution in [-0.2, 0) is 14.4 Å². The van der Waals surface area contributed by atoms with Crippen molar-refractivity contribution < 1.29 is 19.1 Å². The van der Waals surface area contributed by atoms with E-state index in [0.717, 1.165) is 31.9 Å². The first-order valence-electron chi connectivity index (χ1n) is 14.9. The highest BCUT2D eigenvalue weighted by Crippen LogP contribution is 2.68. The SMILES string of the molecule is Cc1ccc(NC(=O)COc2ccc([C@H]3c4sc(=O)[nH]c4SC4C5CC(C6C(=O)N(c7ccc(Br)cc7)C(=O)C56)C43)cc2)cc1. The Kier molecular flexibility index (Phi) is 7.03. The Morgan fingerprint density at radius 3 is 2.36 bits per heavy atom. The molecule has 1 aromatic heterocycles. The fourth-order valence-corrected chi connectivity index (χ4v) is 11.1. The number of imide groups is 1. The fraction of sp³-hybridized carbons (Fsp3) is 0.294. The average molecular weight is 703 g/mol. The molecule has 3 fully saturated rings. The summed E-state index contributed by atoms with van der Waals surface area (Å²) in [6.45, 7) is 1.86. The Labute approximate surface area is 275 Å². The smallest absolute Gasteiger partial charge is 0.305 e. The Bertz CT molecular complexity index is 1890. The van der Waals surface area contributed by atoms with Crippen molar-refractivity contribution in [2.24, 2.45) is 29.6 Å². The first-order valence-corrected chi connectivity index (χ1v) is 17.4. The van der Waals surface area contributed by atoms with E-state index in [2.05, 4.69) is 26.2 Å². The standard InChI is InChI=1S/C34H28BrN3O5S2/c1-16-2-8-19(9-3-16)36-24(39)15-43-21-12-4-17(5-13-21)25-26-22-14-23(29(26)44-31-30(25)45-34(42)37-31)28-27(22)32(40)38(33(28)41)20-10-6-18(35)7-11-20/h2-13,22-23,25-29H,14-15H2,1H3,(H,36,39)(H,37,42)/t22?,23?,25-,26?,27?,28?,29?/m1/s1. The van der Waals surface area contributed by atoms with E-state index in [1.54, 1.807) is 11.8 Å². The van der Waals surface area contributed by atoms with Crippen LogP contribution in [0, 0.1) is 36.5 Å². The molecule has 0 radical (unpaired) electrons. The maximum Gasteiger partial charge on any atom is 0.305 e. The monoisotopic (exact) mass is 701 g/mol. The molecule has 2 saturated carbocycles. The molecule has 228 valence electrons. The minimum Gasteiger partial charge on any atom is -0.484 e. The van der Waals surface area contributed by atoms with Crippen LogP contribution < -0.4 is 19.8 Å². The molecule has 11 heteroatoms. The minimum atomic E-state index is -0.359. The van der Waals surface area contributed by atoms with Crippen molar-refractivity contribution in [3.05, 3.63) is 103 Å². The molecular weight excluding hydrogens is 674 g/mol. The molecular formula is C34H28BrN3O5S2. The lowest BCUT2D eigenvalue weighted by molar-refractivity contribution is -0.123. The van der Waals surface area contributed by atoms with E-state index in [4.69, 9.17) is 4.74 Å². The van der Waals surface area contributed by atoms with Gasteiger partial charge in [0.1, 0.15) is 5.75 Å². The summed E-state index contributed by atoms with van der Waals surface area (Å²) in [4.78, 5) is 58.1. The number of nitrogens with zero attached hydrogens (tertiary/aromatic N) is 1.